The van der Waals surface area contributed by atoms with Crippen LogP contribution in [0.2, 0.25) is 0 Å². The molecule has 0 aromatic carbocycles. The van der Waals surface area contributed by atoms with Crippen molar-refractivity contribution in [2.45, 2.75) is 19.6 Å². The van der Waals surface area contributed by atoms with Gasteiger partial charge in [-0.25, -0.2) is 0 Å². The minimum Gasteiger partial charge on any atom is -0.468 e. The summed E-state index contributed by atoms with van der Waals surface area (Å²) in [5.41, 5.74) is 0. The van der Waals surface area contributed by atoms with Crippen LogP contribution in [0.25, 0.3) is 0 Å². The van der Waals surface area contributed by atoms with Crippen LogP contribution in [-0.4, -0.2) is 58.1 Å². The van der Waals surface area contributed by atoms with Crippen molar-refractivity contribution in [2.75, 3.05) is 41.0 Å². The lowest BCUT2D eigenvalue weighted by molar-refractivity contribution is -0.145. The van der Waals surface area contributed by atoms with Crippen LogP contribution >= 0.6 is 0 Å². The fraction of sp³-hybridized carbons (Fsp3) is 0.900. The van der Waals surface area contributed by atoms with E-state index in [1.165, 1.54) is 7.11 Å². The van der Waals surface area contributed by atoms with Gasteiger partial charge in [0.05, 0.1) is 20.2 Å². The normalized spacial score (nSPS) is 11.1. The SMILES string of the molecule is CCCN(CC(=O)OC)CC(OC)OC. The van der Waals surface area contributed by atoms with Crippen molar-refractivity contribution >= 4 is 5.97 Å². The third-order valence-corrected chi connectivity index (χ3v) is 2.05. The molecule has 0 aliphatic carbocycles. The van der Waals surface area contributed by atoms with E-state index in [9.17, 15) is 4.79 Å². The monoisotopic (exact) mass is 219 g/mol. The zero-order chi connectivity index (χ0) is 11.7. The van der Waals surface area contributed by atoms with Crippen molar-refractivity contribution < 1.29 is 19.0 Å². The molecular formula is C10H21NO4. The third-order valence-electron chi connectivity index (χ3n) is 2.05. The average molecular weight is 219 g/mol. The molecule has 0 unspecified atom stereocenters. The van der Waals surface area contributed by atoms with Crippen molar-refractivity contribution in [3.63, 3.8) is 0 Å². The fourth-order valence-electron chi connectivity index (χ4n) is 1.25. The summed E-state index contributed by atoms with van der Waals surface area (Å²) in [5.74, 6) is -0.241. The van der Waals surface area contributed by atoms with Crippen LogP contribution < -0.4 is 0 Å². The van der Waals surface area contributed by atoms with E-state index in [4.69, 9.17) is 9.47 Å². The van der Waals surface area contributed by atoms with Crippen molar-refractivity contribution in [1.29, 1.82) is 0 Å². The number of carbonyl (C=O) groups excluding carboxylic acids is 1. The molecule has 0 amide bonds. The molecule has 0 radical (unpaired) electrons. The van der Waals surface area contributed by atoms with Gasteiger partial charge in [-0.3, -0.25) is 9.69 Å². The second kappa shape index (κ2) is 8.64. The third kappa shape index (κ3) is 6.43. The smallest absolute Gasteiger partial charge is 0.319 e. The molecule has 0 spiro atoms. The molecular weight excluding hydrogens is 198 g/mol. The predicted molar refractivity (Wildman–Crippen MR) is 56.6 cm³/mol. The summed E-state index contributed by atoms with van der Waals surface area (Å²) in [6, 6.07) is 0. The average Bonchev–Trinajstić information content (AvgIpc) is 2.25. The Morgan fingerprint density at radius 3 is 2.27 bits per heavy atom. The second-order valence-corrected chi connectivity index (χ2v) is 3.21. The highest BCUT2D eigenvalue weighted by atomic mass is 16.7. The molecule has 0 fully saturated rings. The molecule has 5 nitrogen and oxygen atoms in total. The van der Waals surface area contributed by atoms with E-state index in [2.05, 4.69) is 11.7 Å². The minimum absolute atomic E-state index is 0.241. The number of ether oxygens (including phenoxy) is 3. The zero-order valence-corrected chi connectivity index (χ0v) is 9.99. The highest BCUT2D eigenvalue weighted by molar-refractivity contribution is 5.71. The number of rotatable bonds is 8. The number of methoxy groups -OCH3 is 3. The van der Waals surface area contributed by atoms with Crippen LogP contribution in [0.3, 0.4) is 0 Å². The van der Waals surface area contributed by atoms with Crippen LogP contribution in [0.15, 0.2) is 0 Å². The molecule has 0 aliphatic rings. The van der Waals surface area contributed by atoms with E-state index in [0.717, 1.165) is 13.0 Å². The van der Waals surface area contributed by atoms with Crippen LogP contribution in [0.1, 0.15) is 13.3 Å². The molecule has 5 heteroatoms. The molecule has 0 atom stereocenters. The van der Waals surface area contributed by atoms with Crippen LogP contribution in [0, 0.1) is 0 Å². The number of nitrogens with zero attached hydrogens (tertiary/aromatic N) is 1. The van der Waals surface area contributed by atoms with Crippen molar-refractivity contribution in [2.24, 2.45) is 0 Å². The van der Waals surface area contributed by atoms with Gasteiger partial charge in [0, 0.05) is 14.2 Å². The van der Waals surface area contributed by atoms with E-state index >= 15 is 0 Å². The first-order valence-electron chi connectivity index (χ1n) is 5.02. The van der Waals surface area contributed by atoms with Gasteiger partial charge in [0.1, 0.15) is 0 Å². The first-order valence-corrected chi connectivity index (χ1v) is 5.02. The quantitative estimate of drug-likeness (QED) is 0.439. The Bertz CT molecular complexity index is 171. The first-order chi connectivity index (χ1) is 7.17. The second-order valence-electron chi connectivity index (χ2n) is 3.21. The molecule has 0 aromatic rings. The Morgan fingerprint density at radius 2 is 1.87 bits per heavy atom. The summed E-state index contributed by atoms with van der Waals surface area (Å²) in [6.45, 7) is 3.71. The lowest BCUT2D eigenvalue weighted by Crippen LogP contribution is -2.38. The fourth-order valence-corrected chi connectivity index (χ4v) is 1.25. The lowest BCUT2D eigenvalue weighted by Gasteiger charge is -2.24. The van der Waals surface area contributed by atoms with Crippen molar-refractivity contribution in [1.82, 2.24) is 4.90 Å². The van der Waals surface area contributed by atoms with Gasteiger partial charge in [0.2, 0.25) is 0 Å². The summed E-state index contributed by atoms with van der Waals surface area (Å²) in [4.78, 5) is 13.1. The Morgan fingerprint density at radius 1 is 1.27 bits per heavy atom. The Kier molecular flexibility index (Phi) is 8.27. The molecule has 0 heterocycles. The van der Waals surface area contributed by atoms with Crippen molar-refractivity contribution in [3.8, 4) is 0 Å². The van der Waals surface area contributed by atoms with Crippen LogP contribution in [-0.2, 0) is 19.0 Å². The summed E-state index contributed by atoms with van der Waals surface area (Å²) in [5, 5.41) is 0. The van der Waals surface area contributed by atoms with Gasteiger partial charge < -0.3 is 14.2 Å². The minimum atomic E-state index is -0.304. The van der Waals surface area contributed by atoms with Gasteiger partial charge in [-0.15, -0.1) is 0 Å². The number of hydrogen-bond donors (Lipinski definition) is 0. The topological polar surface area (TPSA) is 48.0 Å². The molecule has 15 heavy (non-hydrogen) atoms. The summed E-state index contributed by atoms with van der Waals surface area (Å²) in [6.07, 6.45) is 0.665. The molecule has 0 saturated carbocycles. The summed E-state index contributed by atoms with van der Waals surface area (Å²) in [7, 11) is 4.55. The molecule has 0 aliphatic heterocycles. The largest absolute Gasteiger partial charge is 0.468 e. The lowest BCUT2D eigenvalue weighted by atomic mass is 10.4. The summed E-state index contributed by atoms with van der Waals surface area (Å²) < 4.78 is 14.8. The Labute approximate surface area is 91.3 Å². The maximum absolute atomic E-state index is 11.1. The molecule has 0 N–H and O–H groups in total. The van der Waals surface area contributed by atoms with Gasteiger partial charge in [-0.1, -0.05) is 6.92 Å². The van der Waals surface area contributed by atoms with Gasteiger partial charge in [-0.05, 0) is 13.0 Å². The maximum Gasteiger partial charge on any atom is 0.319 e. The van der Waals surface area contributed by atoms with E-state index < -0.39 is 0 Å². The van der Waals surface area contributed by atoms with E-state index in [0.29, 0.717) is 6.54 Å². The molecule has 0 bridgehead atoms. The van der Waals surface area contributed by atoms with Gasteiger partial charge >= 0.3 is 5.97 Å². The van der Waals surface area contributed by atoms with Crippen LogP contribution in [0.4, 0.5) is 0 Å². The predicted octanol–water partition coefficient (Wildman–Crippen LogP) is 0.490. The number of esters is 1. The van der Waals surface area contributed by atoms with E-state index in [-0.39, 0.29) is 18.8 Å². The maximum atomic E-state index is 11.1. The molecule has 0 rings (SSSR count). The number of hydrogen-bond acceptors (Lipinski definition) is 5. The van der Waals surface area contributed by atoms with E-state index in [1.54, 1.807) is 14.2 Å². The summed E-state index contributed by atoms with van der Waals surface area (Å²) >= 11 is 0. The van der Waals surface area contributed by atoms with Crippen molar-refractivity contribution in [3.05, 3.63) is 0 Å². The van der Waals surface area contributed by atoms with Crippen LogP contribution in [0.5, 0.6) is 0 Å². The molecule has 90 valence electrons. The van der Waals surface area contributed by atoms with E-state index in [1.807, 2.05) is 4.90 Å². The zero-order valence-electron chi connectivity index (χ0n) is 9.99. The highest BCUT2D eigenvalue weighted by Gasteiger charge is 2.15. The highest BCUT2D eigenvalue weighted by Crippen LogP contribution is 1.99. The Hall–Kier alpha value is -0.650. The first kappa shape index (κ1) is 14.3. The molecule has 0 aromatic heterocycles. The van der Waals surface area contributed by atoms with Gasteiger partial charge in [0.25, 0.3) is 0 Å². The standard InChI is InChI=1S/C10H21NO4/c1-5-6-11(7-9(12)13-2)8-10(14-3)15-4/h10H,5-8H2,1-4H3. The molecule has 0 saturated heterocycles. The van der Waals surface area contributed by atoms with Gasteiger partial charge in [0.15, 0.2) is 6.29 Å². The Balaban J connectivity index is 4.07. The number of carbonyl (C=O) groups is 1. The van der Waals surface area contributed by atoms with Gasteiger partial charge in [-0.2, -0.15) is 0 Å².